The van der Waals surface area contributed by atoms with Crippen molar-refractivity contribution < 1.29 is 31.5 Å². The number of nitrogens with zero attached hydrogens (tertiary/aromatic N) is 4. The number of carbonyl (C=O) groups excluding carboxylic acids is 1. The van der Waals surface area contributed by atoms with Crippen molar-refractivity contribution in [3.05, 3.63) is 89.4 Å². The second kappa shape index (κ2) is 11.9. The van der Waals surface area contributed by atoms with Crippen molar-refractivity contribution >= 4 is 22.9 Å². The molecular weight excluding hydrogens is 557 g/mol. The third-order valence-electron chi connectivity index (χ3n) is 7.37. The molecule has 12 heteroatoms. The molecule has 1 N–H and O–H groups in total. The van der Waals surface area contributed by atoms with Crippen molar-refractivity contribution in [3.63, 3.8) is 0 Å². The van der Waals surface area contributed by atoms with Gasteiger partial charge in [-0.1, -0.05) is 19.9 Å². The summed E-state index contributed by atoms with van der Waals surface area (Å²) in [6.45, 7) is 5.55. The van der Waals surface area contributed by atoms with E-state index in [1.165, 1.54) is 40.9 Å². The molecule has 0 saturated carbocycles. The molecule has 0 radical (unpaired) electrons. The zero-order valence-electron chi connectivity index (χ0n) is 23.1. The highest BCUT2D eigenvalue weighted by Crippen LogP contribution is 2.30. The summed E-state index contributed by atoms with van der Waals surface area (Å²) in [4.78, 5) is 21.4. The number of hydrogen-bond donors (Lipinski definition) is 1. The number of benzene rings is 2. The smallest absolute Gasteiger partial charge is 0.406 e. The van der Waals surface area contributed by atoms with Crippen LogP contribution >= 0.6 is 0 Å². The molecule has 0 unspecified atom stereocenters. The van der Waals surface area contributed by atoms with E-state index in [-0.39, 0.29) is 18.3 Å². The van der Waals surface area contributed by atoms with Crippen LogP contribution in [0, 0.1) is 11.6 Å². The maximum absolute atomic E-state index is 15.3. The summed E-state index contributed by atoms with van der Waals surface area (Å²) < 4.78 is 71.9. The summed E-state index contributed by atoms with van der Waals surface area (Å²) in [5.41, 5.74) is 2.98. The summed E-state index contributed by atoms with van der Waals surface area (Å²) in [5.74, 6) is -1.54. The normalized spacial score (nSPS) is 15.7. The van der Waals surface area contributed by atoms with Crippen LogP contribution in [0.2, 0.25) is 0 Å². The lowest BCUT2D eigenvalue weighted by Crippen LogP contribution is -2.53. The Hall–Kier alpha value is -4.35. The standard InChI is InChI=1S/C30H30F5N5O2/c1-3-21-18-38(13-14-39(21)22-6-8-23(9-7-22)42-30(33,34)35)26-10-5-19(15-24(26)32)17-36-29(41)28-25(4-2)37-27-16-20(31)11-12-40(27)28/h5-12,15-16,21H,3-4,13-14,17-18H2,1-2H3,(H,36,41)/t21-/m0/s1. The topological polar surface area (TPSA) is 62.1 Å². The van der Waals surface area contributed by atoms with E-state index in [0.29, 0.717) is 54.3 Å². The number of amides is 1. The first-order chi connectivity index (χ1) is 20.1. The first-order valence-corrected chi connectivity index (χ1v) is 13.7. The highest BCUT2D eigenvalue weighted by molar-refractivity contribution is 5.94. The van der Waals surface area contributed by atoms with E-state index in [9.17, 15) is 22.4 Å². The predicted molar refractivity (Wildman–Crippen MR) is 149 cm³/mol. The fourth-order valence-electron chi connectivity index (χ4n) is 5.34. The molecule has 0 spiro atoms. The number of alkyl halides is 3. The number of carbonyl (C=O) groups is 1. The molecule has 1 amide bonds. The molecule has 1 atom stereocenters. The SMILES string of the molecule is CCc1nc2cc(F)ccn2c1C(=O)NCc1ccc(N2CCN(c3ccc(OC(F)(F)F)cc3)[C@@H](CC)C2)c(F)c1. The van der Waals surface area contributed by atoms with E-state index in [4.69, 9.17) is 0 Å². The summed E-state index contributed by atoms with van der Waals surface area (Å²) >= 11 is 0. The van der Waals surface area contributed by atoms with Gasteiger partial charge in [0.2, 0.25) is 0 Å². The van der Waals surface area contributed by atoms with Crippen LogP contribution in [0.3, 0.4) is 0 Å². The number of halogens is 5. The third kappa shape index (κ3) is 6.27. The van der Waals surface area contributed by atoms with Gasteiger partial charge in [-0.05, 0) is 60.9 Å². The van der Waals surface area contributed by atoms with E-state index < -0.39 is 23.9 Å². The Labute approximate surface area is 239 Å². The van der Waals surface area contributed by atoms with Crippen LogP contribution in [0.5, 0.6) is 5.75 Å². The highest BCUT2D eigenvalue weighted by atomic mass is 19.4. The molecule has 1 aliphatic heterocycles. The van der Waals surface area contributed by atoms with Crippen LogP contribution in [0.25, 0.3) is 5.65 Å². The lowest BCUT2D eigenvalue weighted by atomic mass is 10.1. The van der Waals surface area contributed by atoms with Gasteiger partial charge in [-0.25, -0.2) is 13.8 Å². The molecule has 0 aliphatic carbocycles. The third-order valence-corrected chi connectivity index (χ3v) is 7.37. The monoisotopic (exact) mass is 587 g/mol. The molecule has 1 fully saturated rings. The number of fused-ring (bicyclic) bond motifs is 1. The van der Waals surface area contributed by atoms with Gasteiger partial charge in [-0.15, -0.1) is 13.2 Å². The van der Waals surface area contributed by atoms with Gasteiger partial charge in [0.15, 0.2) is 0 Å². The number of pyridine rings is 1. The predicted octanol–water partition coefficient (Wildman–Crippen LogP) is 6.11. The van der Waals surface area contributed by atoms with Crippen molar-refractivity contribution in [3.8, 4) is 5.75 Å². The van der Waals surface area contributed by atoms with Crippen LogP contribution in [-0.4, -0.2) is 47.3 Å². The van der Waals surface area contributed by atoms with Gasteiger partial charge in [-0.3, -0.25) is 9.20 Å². The summed E-state index contributed by atoms with van der Waals surface area (Å²) in [6, 6.07) is 13.1. The van der Waals surface area contributed by atoms with E-state index in [2.05, 4.69) is 19.9 Å². The van der Waals surface area contributed by atoms with Crippen LogP contribution < -0.4 is 19.9 Å². The summed E-state index contributed by atoms with van der Waals surface area (Å²) in [7, 11) is 0. The maximum atomic E-state index is 15.3. The van der Waals surface area contributed by atoms with E-state index in [1.807, 2.05) is 18.7 Å². The fraction of sp³-hybridized carbons (Fsp3) is 0.333. The van der Waals surface area contributed by atoms with Crippen LogP contribution in [-0.2, 0) is 13.0 Å². The van der Waals surface area contributed by atoms with Crippen molar-refractivity contribution in [1.82, 2.24) is 14.7 Å². The first kappa shape index (κ1) is 29.2. The van der Waals surface area contributed by atoms with Crippen molar-refractivity contribution in [2.24, 2.45) is 0 Å². The molecule has 7 nitrogen and oxygen atoms in total. The lowest BCUT2D eigenvalue weighted by molar-refractivity contribution is -0.274. The Kier molecular flexibility index (Phi) is 8.24. The van der Waals surface area contributed by atoms with Crippen molar-refractivity contribution in [2.75, 3.05) is 29.4 Å². The Balaban J connectivity index is 1.24. The van der Waals surface area contributed by atoms with E-state index >= 15 is 4.39 Å². The number of aryl methyl sites for hydroxylation is 1. The Morgan fingerprint density at radius 1 is 1.05 bits per heavy atom. The molecule has 2 aromatic heterocycles. The van der Waals surface area contributed by atoms with E-state index in [0.717, 1.165) is 12.1 Å². The maximum Gasteiger partial charge on any atom is 0.573 e. The van der Waals surface area contributed by atoms with Gasteiger partial charge in [0.05, 0.1) is 11.4 Å². The van der Waals surface area contributed by atoms with Gasteiger partial charge in [0.1, 0.15) is 28.7 Å². The molecular formula is C30H30F5N5O2. The minimum atomic E-state index is -4.75. The average molecular weight is 588 g/mol. The van der Waals surface area contributed by atoms with Gasteiger partial charge in [0.25, 0.3) is 5.91 Å². The zero-order valence-corrected chi connectivity index (χ0v) is 23.1. The Bertz CT molecular complexity index is 1570. The van der Waals surface area contributed by atoms with Crippen LogP contribution in [0.4, 0.5) is 33.3 Å². The first-order valence-electron chi connectivity index (χ1n) is 13.7. The minimum Gasteiger partial charge on any atom is -0.406 e. The molecule has 4 aromatic rings. The number of piperazine rings is 1. The average Bonchev–Trinajstić information content (AvgIpc) is 3.33. The number of ether oxygens (including phenoxy) is 1. The molecule has 5 rings (SSSR count). The van der Waals surface area contributed by atoms with Crippen LogP contribution in [0.15, 0.2) is 60.8 Å². The van der Waals surface area contributed by atoms with Gasteiger partial charge < -0.3 is 19.9 Å². The molecule has 0 bridgehead atoms. The summed E-state index contributed by atoms with van der Waals surface area (Å²) in [5, 5.41) is 2.81. The highest BCUT2D eigenvalue weighted by Gasteiger charge is 2.32. The summed E-state index contributed by atoms with van der Waals surface area (Å²) in [6.07, 6.45) is -2.06. The number of anilines is 2. The Morgan fingerprint density at radius 2 is 1.81 bits per heavy atom. The number of hydrogen-bond acceptors (Lipinski definition) is 5. The number of rotatable bonds is 8. The van der Waals surface area contributed by atoms with Gasteiger partial charge in [0, 0.05) is 50.2 Å². The zero-order chi connectivity index (χ0) is 30.0. The molecule has 222 valence electrons. The van der Waals surface area contributed by atoms with Gasteiger partial charge in [-0.2, -0.15) is 0 Å². The molecule has 1 aliphatic rings. The van der Waals surface area contributed by atoms with Gasteiger partial charge >= 0.3 is 6.36 Å². The second-order valence-corrected chi connectivity index (χ2v) is 10.0. The Morgan fingerprint density at radius 3 is 2.48 bits per heavy atom. The minimum absolute atomic E-state index is 0.0122. The number of aromatic nitrogens is 2. The second-order valence-electron chi connectivity index (χ2n) is 10.0. The molecule has 42 heavy (non-hydrogen) atoms. The number of imidazole rings is 1. The van der Waals surface area contributed by atoms with Crippen molar-refractivity contribution in [2.45, 2.75) is 45.6 Å². The van der Waals surface area contributed by atoms with E-state index in [1.54, 1.807) is 24.3 Å². The molecule has 3 heterocycles. The van der Waals surface area contributed by atoms with Crippen LogP contribution in [0.1, 0.15) is 42.0 Å². The van der Waals surface area contributed by atoms with Crippen molar-refractivity contribution in [1.29, 1.82) is 0 Å². The number of nitrogens with one attached hydrogen (secondary N) is 1. The quantitative estimate of drug-likeness (QED) is 0.252. The molecule has 2 aromatic carbocycles. The molecule has 1 saturated heterocycles. The largest absolute Gasteiger partial charge is 0.573 e. The lowest BCUT2D eigenvalue weighted by Gasteiger charge is -2.43. The fourth-order valence-corrected chi connectivity index (χ4v) is 5.34.